The Kier molecular flexibility index (Phi) is 3.50. The maximum atomic E-state index is 5.75. The lowest BCUT2D eigenvalue weighted by molar-refractivity contribution is 1.70. The van der Waals surface area contributed by atoms with Gasteiger partial charge in [-0.05, 0) is 5.46 Å². The normalized spacial score (nSPS) is 11.5. The molecule has 0 unspecified atom stereocenters. The number of hydrogen-bond donors (Lipinski definition) is 0. The van der Waals surface area contributed by atoms with Crippen molar-refractivity contribution in [2.75, 3.05) is 0 Å². The van der Waals surface area contributed by atoms with Gasteiger partial charge in [-0.1, -0.05) is 49.1 Å². The zero-order valence-corrected chi connectivity index (χ0v) is 10.7. The minimum atomic E-state index is -1.18. The van der Waals surface area contributed by atoms with Crippen molar-refractivity contribution in [2.45, 2.75) is 19.6 Å². The Morgan fingerprint density at radius 3 is 1.77 bits per heavy atom. The summed E-state index contributed by atoms with van der Waals surface area (Å²) in [5, 5.41) is 1.44. The zero-order chi connectivity index (χ0) is 10.1. The fourth-order valence-electron chi connectivity index (χ4n) is 1.13. The molecule has 13 heavy (non-hydrogen) atoms. The molecule has 0 spiro atoms. The lowest BCUT2D eigenvalue weighted by atomic mass is 9.93. The Morgan fingerprint density at radius 1 is 1.00 bits per heavy atom. The van der Waals surface area contributed by atoms with Crippen LogP contribution < -0.4 is 10.6 Å². The number of hydrogen-bond acceptors (Lipinski definition) is 0. The van der Waals surface area contributed by atoms with Crippen molar-refractivity contribution >= 4 is 47.2 Å². The fourth-order valence-corrected chi connectivity index (χ4v) is 2.59. The molecule has 0 nitrogen and oxygen atoms in total. The number of benzene rings is 1. The first-order chi connectivity index (χ1) is 5.91. The van der Waals surface area contributed by atoms with Gasteiger partial charge in [0.05, 0.1) is 8.07 Å². The minimum absolute atomic E-state index is 0.407. The molecule has 0 bridgehead atoms. The van der Waals surface area contributed by atoms with Gasteiger partial charge in [0, 0.05) is 0 Å². The van der Waals surface area contributed by atoms with Crippen LogP contribution in [0.5, 0.6) is 0 Å². The molecule has 70 valence electrons. The van der Waals surface area contributed by atoms with Crippen LogP contribution in [0.15, 0.2) is 24.3 Å². The second-order valence-corrected chi connectivity index (χ2v) is 10.3. The first-order valence-electron chi connectivity index (χ1n) is 4.30. The van der Waals surface area contributed by atoms with Crippen molar-refractivity contribution in [3.8, 4) is 0 Å². The predicted octanol–water partition coefficient (Wildman–Crippen LogP) is 2.40. The van der Waals surface area contributed by atoms with E-state index in [2.05, 4.69) is 31.8 Å². The first kappa shape index (κ1) is 11.2. The Bertz CT molecular complexity index is 277. The molecule has 1 aromatic rings. The van der Waals surface area contributed by atoms with Gasteiger partial charge in [-0.3, -0.25) is 0 Å². The summed E-state index contributed by atoms with van der Waals surface area (Å²) in [5.74, 6) is 0. The number of halogens is 2. The molecule has 1 aromatic carbocycles. The summed E-state index contributed by atoms with van der Waals surface area (Å²) < 4.78 is 0. The van der Waals surface area contributed by atoms with E-state index < -0.39 is 13.6 Å². The van der Waals surface area contributed by atoms with E-state index in [-0.39, 0.29) is 0 Å². The van der Waals surface area contributed by atoms with Crippen LogP contribution in [0.1, 0.15) is 0 Å². The van der Waals surface area contributed by atoms with Gasteiger partial charge in [-0.15, -0.1) is 0 Å². The van der Waals surface area contributed by atoms with Crippen LogP contribution >= 0.6 is 22.9 Å². The van der Waals surface area contributed by atoms with Crippen LogP contribution in [0, 0.1) is 0 Å². The Hall–Kier alpha value is 0.0818. The van der Waals surface area contributed by atoms with Crippen molar-refractivity contribution in [1.82, 2.24) is 0 Å². The molecule has 0 radical (unpaired) electrons. The molecule has 0 fully saturated rings. The van der Waals surface area contributed by atoms with Gasteiger partial charge in [-0.25, -0.2) is 0 Å². The molecule has 4 heteroatoms. The van der Waals surface area contributed by atoms with Gasteiger partial charge in [0.1, 0.15) is 0 Å². The Morgan fingerprint density at radius 2 is 1.46 bits per heavy atom. The highest BCUT2D eigenvalue weighted by molar-refractivity contribution is 7.39. The molecule has 0 saturated heterocycles. The summed E-state index contributed by atoms with van der Waals surface area (Å²) in [7, 11) is -1.18. The molecule has 0 atom stereocenters. The van der Waals surface area contributed by atoms with E-state index in [4.69, 9.17) is 22.9 Å². The third kappa shape index (κ3) is 3.05. The standard InChI is InChI=1S/C9H13BCl2Si/c1-13(2,3)9-6-4-8(5-7-9)10(11)12/h4-7H,1-3H3. The lowest BCUT2D eigenvalue weighted by Crippen LogP contribution is -2.38. The molecule has 0 aliphatic heterocycles. The van der Waals surface area contributed by atoms with Gasteiger partial charge in [0.25, 0.3) is 0 Å². The van der Waals surface area contributed by atoms with Crippen LogP contribution in [-0.4, -0.2) is 13.6 Å². The van der Waals surface area contributed by atoms with Crippen molar-refractivity contribution < 1.29 is 0 Å². The molecular weight excluding hydrogens is 218 g/mol. The van der Waals surface area contributed by atoms with Crippen LogP contribution in [-0.2, 0) is 0 Å². The molecular formula is C9H13BCl2Si. The second-order valence-electron chi connectivity index (χ2n) is 4.17. The smallest absolute Gasteiger partial charge is 0.165 e. The lowest BCUT2D eigenvalue weighted by Gasteiger charge is -2.16. The van der Waals surface area contributed by atoms with Crippen LogP contribution in [0.4, 0.5) is 0 Å². The van der Waals surface area contributed by atoms with E-state index in [0.29, 0.717) is 0 Å². The molecule has 0 aliphatic carbocycles. The molecule has 0 amide bonds. The summed E-state index contributed by atoms with van der Waals surface area (Å²) >= 11 is 11.5. The summed E-state index contributed by atoms with van der Waals surface area (Å²) in [5.41, 5.74) is 0.570. The second kappa shape index (κ2) is 4.07. The van der Waals surface area contributed by atoms with Gasteiger partial charge < -0.3 is 0 Å². The Labute approximate surface area is 91.2 Å². The minimum Gasteiger partial charge on any atom is -0.165 e. The highest BCUT2D eigenvalue weighted by Crippen LogP contribution is 2.02. The maximum Gasteiger partial charge on any atom is 0.382 e. The SMILES string of the molecule is C[Si](C)(C)c1ccc(B(Cl)Cl)cc1. The van der Waals surface area contributed by atoms with E-state index in [1.807, 2.05) is 12.1 Å². The van der Waals surface area contributed by atoms with Crippen molar-refractivity contribution in [2.24, 2.45) is 0 Å². The van der Waals surface area contributed by atoms with Crippen molar-refractivity contribution in [3.05, 3.63) is 24.3 Å². The summed E-state index contributed by atoms with van der Waals surface area (Å²) in [6.45, 7) is 6.96. The predicted molar refractivity (Wildman–Crippen MR) is 66.5 cm³/mol. The molecule has 0 N–H and O–H groups in total. The van der Waals surface area contributed by atoms with Gasteiger partial charge in [0.2, 0.25) is 0 Å². The van der Waals surface area contributed by atoms with Gasteiger partial charge in [0.15, 0.2) is 0 Å². The first-order valence-corrected chi connectivity index (χ1v) is 8.67. The highest BCUT2D eigenvalue weighted by Gasteiger charge is 2.17. The highest BCUT2D eigenvalue weighted by atomic mass is 35.5. The van der Waals surface area contributed by atoms with E-state index >= 15 is 0 Å². The molecule has 0 heterocycles. The topological polar surface area (TPSA) is 0 Å². The molecule has 1 rings (SSSR count). The monoisotopic (exact) mass is 230 g/mol. The zero-order valence-electron chi connectivity index (χ0n) is 8.14. The summed E-state index contributed by atoms with van der Waals surface area (Å²) in [6.07, 6.45) is 0. The van der Waals surface area contributed by atoms with Crippen LogP contribution in [0.3, 0.4) is 0 Å². The molecule has 0 aliphatic rings. The van der Waals surface area contributed by atoms with E-state index in [9.17, 15) is 0 Å². The summed E-state index contributed by atoms with van der Waals surface area (Å²) in [4.78, 5) is 0. The van der Waals surface area contributed by atoms with Crippen LogP contribution in [0.25, 0.3) is 0 Å². The van der Waals surface area contributed by atoms with Gasteiger partial charge in [-0.2, -0.15) is 22.9 Å². The average molecular weight is 231 g/mol. The molecule has 0 aromatic heterocycles. The van der Waals surface area contributed by atoms with E-state index in [0.717, 1.165) is 5.46 Å². The van der Waals surface area contributed by atoms with Crippen molar-refractivity contribution in [1.29, 1.82) is 0 Å². The van der Waals surface area contributed by atoms with Crippen LogP contribution in [0.2, 0.25) is 19.6 Å². The average Bonchev–Trinajstić information content (AvgIpc) is 2.03. The Balaban J connectivity index is 2.94. The van der Waals surface area contributed by atoms with Crippen molar-refractivity contribution in [3.63, 3.8) is 0 Å². The number of rotatable bonds is 2. The van der Waals surface area contributed by atoms with Gasteiger partial charge >= 0.3 is 5.54 Å². The fraction of sp³-hybridized carbons (Fsp3) is 0.333. The molecule has 0 saturated carbocycles. The summed E-state index contributed by atoms with van der Waals surface area (Å²) in [6, 6.07) is 8.30. The third-order valence-corrected chi connectivity index (χ3v) is 4.60. The third-order valence-electron chi connectivity index (χ3n) is 2.03. The maximum absolute atomic E-state index is 5.75. The quantitative estimate of drug-likeness (QED) is 0.685. The largest absolute Gasteiger partial charge is 0.382 e. The van der Waals surface area contributed by atoms with E-state index in [1.165, 1.54) is 5.19 Å². The van der Waals surface area contributed by atoms with E-state index in [1.54, 1.807) is 0 Å².